The third kappa shape index (κ3) is 3.78. The van der Waals surface area contributed by atoms with E-state index in [1.807, 2.05) is 0 Å². The molecule has 2 aliphatic heterocycles. The van der Waals surface area contributed by atoms with Gasteiger partial charge in [0.1, 0.15) is 54.9 Å². The van der Waals surface area contributed by atoms with Crippen LogP contribution >= 0.6 is 0 Å². The van der Waals surface area contributed by atoms with Crippen molar-refractivity contribution in [2.24, 2.45) is 0 Å². The Bertz CT molecular complexity index is 643. The summed E-state index contributed by atoms with van der Waals surface area (Å²) in [5.74, 6) is 0. The van der Waals surface area contributed by atoms with Gasteiger partial charge in [0.2, 0.25) is 0 Å². The first-order chi connectivity index (χ1) is 13.3. The van der Waals surface area contributed by atoms with E-state index in [9.17, 15) is 35.7 Å². The number of hydrogen-bond donors (Lipinski definition) is 7. The van der Waals surface area contributed by atoms with E-state index in [4.69, 9.17) is 14.2 Å². The van der Waals surface area contributed by atoms with Crippen LogP contribution in [0.2, 0.25) is 0 Å². The molecule has 0 amide bonds. The third-order valence-corrected chi connectivity index (χ3v) is 5.09. The zero-order chi connectivity index (χ0) is 20.6. The molecule has 0 spiro atoms. The van der Waals surface area contributed by atoms with E-state index < -0.39 is 67.8 Å². The van der Waals surface area contributed by atoms with E-state index in [0.717, 1.165) is 0 Å². The predicted molar refractivity (Wildman–Crippen MR) is 86.4 cm³/mol. The van der Waals surface area contributed by atoms with Gasteiger partial charge in [0.25, 0.3) is 0 Å². The van der Waals surface area contributed by atoms with Crippen molar-refractivity contribution in [1.29, 1.82) is 0 Å². The van der Waals surface area contributed by atoms with Crippen molar-refractivity contribution >= 4 is 0 Å². The van der Waals surface area contributed by atoms with E-state index in [0.29, 0.717) is 0 Å². The zero-order valence-corrected chi connectivity index (χ0v) is 15.0. The summed E-state index contributed by atoms with van der Waals surface area (Å²) in [6.45, 7) is -0.748. The van der Waals surface area contributed by atoms with Crippen LogP contribution in [-0.4, -0.2) is 120 Å². The van der Waals surface area contributed by atoms with Crippen LogP contribution in [0.3, 0.4) is 0 Å². The lowest BCUT2D eigenvalue weighted by Gasteiger charge is -2.41. The minimum absolute atomic E-state index is 0.158. The molecule has 3 rings (SSSR count). The maximum atomic E-state index is 10.3. The molecule has 10 atom stereocenters. The Morgan fingerprint density at radius 2 is 1.57 bits per heavy atom. The molecule has 13 nitrogen and oxygen atoms in total. The summed E-state index contributed by atoms with van der Waals surface area (Å²) in [7, 11) is 1.27. The summed E-state index contributed by atoms with van der Waals surface area (Å²) >= 11 is 0. The number of hydrogen-bond acceptors (Lipinski definition) is 12. The highest BCUT2D eigenvalue weighted by Crippen LogP contribution is 2.32. The molecular weight excluding hydrogens is 382 g/mol. The molecule has 2 aliphatic rings. The highest BCUT2D eigenvalue weighted by Gasteiger charge is 2.47. The molecule has 13 heteroatoms. The lowest BCUT2D eigenvalue weighted by atomic mass is 9.93. The van der Waals surface area contributed by atoms with Gasteiger partial charge < -0.3 is 50.0 Å². The maximum Gasteiger partial charge on any atom is 0.186 e. The summed E-state index contributed by atoms with van der Waals surface area (Å²) in [6.07, 6.45) is -12.3. The maximum absolute atomic E-state index is 10.3. The van der Waals surface area contributed by atoms with Crippen LogP contribution in [0.1, 0.15) is 11.8 Å². The minimum Gasteiger partial charge on any atom is -0.394 e. The van der Waals surface area contributed by atoms with E-state index >= 15 is 0 Å². The van der Waals surface area contributed by atoms with Gasteiger partial charge in [-0.1, -0.05) is 5.21 Å². The standard InChI is InChI=1S/C15H25N3O10/c1-26-15-13(25)11(23)8(20)6(28-15)3-18-5(2-16-17-18)14-12(24)10(22)9(21)7(4-19)27-14/h2,6-15,19-25H,3-4H2,1H3/t6-,7-,8-,9+,10+,11+,12-,13-,14+,15+/m1/s1. The fourth-order valence-electron chi connectivity index (χ4n) is 3.41. The van der Waals surface area contributed by atoms with Crippen molar-refractivity contribution in [3.8, 4) is 0 Å². The van der Waals surface area contributed by atoms with Crippen LogP contribution in [0.4, 0.5) is 0 Å². The quantitative estimate of drug-likeness (QED) is 0.246. The molecular formula is C15H25N3O10. The molecule has 1 aromatic heterocycles. The van der Waals surface area contributed by atoms with Gasteiger partial charge in [0, 0.05) is 7.11 Å². The Balaban J connectivity index is 1.80. The van der Waals surface area contributed by atoms with Crippen LogP contribution in [0.15, 0.2) is 6.20 Å². The predicted octanol–water partition coefficient (Wildman–Crippen LogP) is -4.75. The van der Waals surface area contributed by atoms with Crippen LogP contribution in [0.5, 0.6) is 0 Å². The van der Waals surface area contributed by atoms with Gasteiger partial charge >= 0.3 is 0 Å². The normalized spacial score (nSPS) is 44.6. The smallest absolute Gasteiger partial charge is 0.186 e. The van der Waals surface area contributed by atoms with Crippen molar-refractivity contribution in [2.75, 3.05) is 13.7 Å². The van der Waals surface area contributed by atoms with Crippen LogP contribution in [0.25, 0.3) is 0 Å². The average molecular weight is 407 g/mol. The van der Waals surface area contributed by atoms with Gasteiger partial charge in [-0.05, 0) is 0 Å². The summed E-state index contributed by atoms with van der Waals surface area (Å²) in [6, 6.07) is 0. The summed E-state index contributed by atoms with van der Waals surface area (Å²) in [5.41, 5.74) is 0.183. The summed E-state index contributed by atoms with van der Waals surface area (Å²) in [5, 5.41) is 77.0. The second kappa shape index (κ2) is 8.62. The van der Waals surface area contributed by atoms with Crippen molar-refractivity contribution in [3.05, 3.63) is 11.9 Å². The first kappa shape index (κ1) is 21.4. The van der Waals surface area contributed by atoms with E-state index in [1.54, 1.807) is 0 Å². The van der Waals surface area contributed by atoms with E-state index in [-0.39, 0.29) is 12.2 Å². The molecule has 0 aliphatic carbocycles. The summed E-state index contributed by atoms with van der Waals surface area (Å²) < 4.78 is 17.1. The number of aliphatic hydroxyl groups excluding tert-OH is 7. The molecule has 0 bridgehead atoms. The Hall–Kier alpha value is -1.26. The molecule has 1 aromatic rings. The monoisotopic (exact) mass is 407 g/mol. The van der Waals surface area contributed by atoms with Crippen LogP contribution in [0, 0.1) is 0 Å². The number of rotatable bonds is 5. The zero-order valence-electron chi connectivity index (χ0n) is 15.0. The number of methoxy groups -OCH3 is 1. The van der Waals surface area contributed by atoms with Gasteiger partial charge in [-0.25, -0.2) is 4.68 Å². The Kier molecular flexibility index (Phi) is 6.61. The fraction of sp³-hybridized carbons (Fsp3) is 0.867. The molecule has 2 fully saturated rings. The lowest BCUT2D eigenvalue weighted by Crippen LogP contribution is -2.59. The number of nitrogens with zero attached hydrogens (tertiary/aromatic N) is 3. The largest absolute Gasteiger partial charge is 0.394 e. The second-order valence-corrected chi connectivity index (χ2v) is 6.84. The number of ether oxygens (including phenoxy) is 3. The number of aromatic nitrogens is 3. The van der Waals surface area contributed by atoms with E-state index in [2.05, 4.69) is 10.3 Å². The molecule has 3 heterocycles. The Morgan fingerprint density at radius 3 is 2.21 bits per heavy atom. The molecule has 2 saturated heterocycles. The average Bonchev–Trinajstić information content (AvgIpc) is 3.14. The number of aliphatic hydroxyl groups is 7. The first-order valence-electron chi connectivity index (χ1n) is 8.71. The topological polar surface area (TPSA) is 200 Å². The first-order valence-corrected chi connectivity index (χ1v) is 8.71. The minimum atomic E-state index is -1.58. The van der Waals surface area contributed by atoms with E-state index in [1.165, 1.54) is 18.0 Å². The highest BCUT2D eigenvalue weighted by molar-refractivity contribution is 5.08. The van der Waals surface area contributed by atoms with Crippen LogP contribution in [-0.2, 0) is 20.8 Å². The van der Waals surface area contributed by atoms with Gasteiger partial charge in [0.05, 0.1) is 25.0 Å². The molecule has 0 aromatic carbocycles. The summed E-state index contributed by atoms with van der Waals surface area (Å²) in [4.78, 5) is 0. The van der Waals surface area contributed by atoms with Gasteiger partial charge in [-0.15, -0.1) is 5.10 Å². The molecule has 28 heavy (non-hydrogen) atoms. The molecule has 0 saturated carbocycles. The van der Waals surface area contributed by atoms with Gasteiger partial charge in [0.15, 0.2) is 6.29 Å². The van der Waals surface area contributed by atoms with Crippen molar-refractivity contribution in [2.45, 2.75) is 67.8 Å². The van der Waals surface area contributed by atoms with Crippen molar-refractivity contribution < 1.29 is 50.0 Å². The molecule has 0 unspecified atom stereocenters. The Labute approximate surface area is 159 Å². The molecule has 7 N–H and O–H groups in total. The molecule has 160 valence electrons. The highest BCUT2D eigenvalue weighted by atomic mass is 16.7. The van der Waals surface area contributed by atoms with Crippen molar-refractivity contribution in [3.63, 3.8) is 0 Å². The SMILES string of the molecule is CO[C@H]1O[C@H](Cn2nncc2[C@@H]2O[C@H](CO)[C@H](O)[C@H](O)[C@H]2O)[C@@H](O)[C@H](O)[C@H]1O. The van der Waals surface area contributed by atoms with Crippen molar-refractivity contribution in [1.82, 2.24) is 15.0 Å². The fourth-order valence-corrected chi connectivity index (χ4v) is 3.41. The lowest BCUT2D eigenvalue weighted by molar-refractivity contribution is -0.292. The van der Waals surface area contributed by atoms with Crippen LogP contribution < -0.4 is 0 Å². The third-order valence-electron chi connectivity index (χ3n) is 5.09. The van der Waals surface area contributed by atoms with Gasteiger partial charge in [-0.2, -0.15) is 0 Å². The van der Waals surface area contributed by atoms with Gasteiger partial charge in [-0.3, -0.25) is 0 Å². The second-order valence-electron chi connectivity index (χ2n) is 6.84. The molecule has 0 radical (unpaired) electrons. The Morgan fingerprint density at radius 1 is 0.929 bits per heavy atom.